The third-order valence-electron chi connectivity index (χ3n) is 5.19. The third kappa shape index (κ3) is 3.03. The molecule has 2 N–H and O–H groups in total. The number of carbonyl (C=O) groups is 1. The molecule has 1 aliphatic heterocycles. The van der Waals surface area contributed by atoms with E-state index in [1.165, 1.54) is 6.33 Å². The van der Waals surface area contributed by atoms with Crippen molar-refractivity contribution >= 4 is 22.9 Å². The van der Waals surface area contributed by atoms with Crippen LogP contribution in [0.1, 0.15) is 35.2 Å². The summed E-state index contributed by atoms with van der Waals surface area (Å²) in [5.41, 5.74) is 4.85. The molecule has 0 aromatic carbocycles. The summed E-state index contributed by atoms with van der Waals surface area (Å²) in [6.45, 7) is 6.92. The maximum Gasteiger partial charge on any atom is 0.228 e. The number of anilines is 1. The molecule has 0 bridgehead atoms. The van der Waals surface area contributed by atoms with E-state index in [0.717, 1.165) is 22.6 Å². The molecule has 0 radical (unpaired) electrons. The average molecular weight is 407 g/mol. The van der Waals surface area contributed by atoms with Crippen LogP contribution in [0.5, 0.6) is 0 Å². The van der Waals surface area contributed by atoms with Gasteiger partial charge in [0.05, 0.1) is 43.4 Å². The van der Waals surface area contributed by atoms with Gasteiger partial charge >= 0.3 is 0 Å². The second-order valence-electron chi connectivity index (χ2n) is 7.32. The number of aromatic nitrogens is 8. The molecule has 0 saturated heterocycles. The van der Waals surface area contributed by atoms with Gasteiger partial charge < -0.3 is 15.0 Å². The molecule has 4 aromatic heterocycles. The van der Waals surface area contributed by atoms with Gasteiger partial charge in [-0.05, 0) is 26.8 Å². The lowest BCUT2D eigenvalue weighted by Gasteiger charge is -2.24. The van der Waals surface area contributed by atoms with Gasteiger partial charge in [-0.15, -0.1) is 0 Å². The molecule has 154 valence electrons. The van der Waals surface area contributed by atoms with Crippen LogP contribution in [0, 0.1) is 20.8 Å². The number of aromatic amines is 1. The number of amides is 1. The van der Waals surface area contributed by atoms with Gasteiger partial charge in [0.2, 0.25) is 5.91 Å². The van der Waals surface area contributed by atoms with Crippen LogP contribution in [0.15, 0.2) is 18.7 Å². The van der Waals surface area contributed by atoms with E-state index < -0.39 is 6.10 Å². The maximum atomic E-state index is 12.4. The van der Waals surface area contributed by atoms with Crippen molar-refractivity contribution in [2.75, 3.05) is 11.9 Å². The summed E-state index contributed by atoms with van der Waals surface area (Å²) in [5.74, 6) is 0.953. The lowest BCUT2D eigenvalue weighted by Crippen LogP contribution is -2.26. The Morgan fingerprint density at radius 2 is 2.07 bits per heavy atom. The molecule has 0 fully saturated rings. The molecule has 5 rings (SSSR count). The Balaban J connectivity index is 1.46. The Bertz CT molecular complexity index is 1250. The smallest absolute Gasteiger partial charge is 0.228 e. The number of nitrogens with one attached hydrogen (secondary N) is 2. The number of hydrogen-bond donors (Lipinski definition) is 2. The number of imidazole rings is 1. The molecule has 30 heavy (non-hydrogen) atoms. The fourth-order valence-corrected chi connectivity index (χ4v) is 3.89. The molecule has 11 nitrogen and oxygen atoms in total. The van der Waals surface area contributed by atoms with Crippen molar-refractivity contribution < 1.29 is 9.53 Å². The summed E-state index contributed by atoms with van der Waals surface area (Å²) in [6, 6.07) is 2.03. The van der Waals surface area contributed by atoms with Gasteiger partial charge in [0.15, 0.2) is 11.5 Å². The molecule has 1 unspecified atom stereocenters. The van der Waals surface area contributed by atoms with Crippen molar-refractivity contribution in [3.05, 3.63) is 41.4 Å². The standard InChI is InChI=1S/C19H21N9O2/c1-10-6-11(2)27(25-10)4-5-30-13-7-14(29)24-18-15(13)12(3)26-28(18)19-16-17(21-8-20-16)22-9-23-19/h6,8-9,13H,4-5,7H2,1-3H3,(H,24,29)(H,20,21,22,23). The Kier molecular flexibility index (Phi) is 4.31. The van der Waals surface area contributed by atoms with E-state index in [1.54, 1.807) is 11.0 Å². The summed E-state index contributed by atoms with van der Waals surface area (Å²) in [6.07, 6.45) is 2.82. The Hall–Kier alpha value is -3.60. The molecule has 0 aliphatic carbocycles. The molecule has 4 aromatic rings. The number of carbonyl (C=O) groups excluding carboxylic acids is 1. The molecule has 0 saturated carbocycles. The minimum absolute atomic E-state index is 0.130. The highest BCUT2D eigenvalue weighted by Crippen LogP contribution is 2.37. The van der Waals surface area contributed by atoms with Gasteiger partial charge in [-0.3, -0.25) is 9.48 Å². The van der Waals surface area contributed by atoms with Crippen LogP contribution in [-0.2, 0) is 16.1 Å². The van der Waals surface area contributed by atoms with Crippen molar-refractivity contribution in [2.45, 2.75) is 39.8 Å². The Labute approximate surface area is 171 Å². The summed E-state index contributed by atoms with van der Waals surface area (Å²) in [7, 11) is 0. The van der Waals surface area contributed by atoms with E-state index in [0.29, 0.717) is 36.0 Å². The zero-order valence-corrected chi connectivity index (χ0v) is 16.9. The summed E-state index contributed by atoms with van der Waals surface area (Å²) in [5, 5.41) is 12.0. The van der Waals surface area contributed by atoms with Crippen LogP contribution < -0.4 is 5.32 Å². The number of ether oxygens (including phenoxy) is 1. The van der Waals surface area contributed by atoms with Crippen molar-refractivity contribution in [1.82, 2.24) is 39.5 Å². The van der Waals surface area contributed by atoms with Gasteiger partial charge in [-0.25, -0.2) is 15.0 Å². The minimum Gasteiger partial charge on any atom is -0.371 e. The van der Waals surface area contributed by atoms with Crippen molar-refractivity contribution in [1.29, 1.82) is 0 Å². The number of aryl methyl sites for hydroxylation is 3. The van der Waals surface area contributed by atoms with Crippen LogP contribution in [0.2, 0.25) is 0 Å². The second-order valence-corrected chi connectivity index (χ2v) is 7.32. The second kappa shape index (κ2) is 7.02. The summed E-state index contributed by atoms with van der Waals surface area (Å²) in [4.78, 5) is 28.1. The first-order chi connectivity index (χ1) is 14.5. The molecule has 1 atom stereocenters. The molecule has 1 aliphatic rings. The number of fused-ring (bicyclic) bond motifs is 2. The third-order valence-corrected chi connectivity index (χ3v) is 5.19. The predicted molar refractivity (Wildman–Crippen MR) is 107 cm³/mol. The number of nitrogens with zero attached hydrogens (tertiary/aromatic N) is 7. The molecule has 11 heteroatoms. The molecular weight excluding hydrogens is 386 g/mol. The lowest BCUT2D eigenvalue weighted by atomic mass is 10.0. The van der Waals surface area contributed by atoms with Gasteiger partial charge in [0.1, 0.15) is 17.7 Å². The fourth-order valence-electron chi connectivity index (χ4n) is 3.89. The van der Waals surface area contributed by atoms with Gasteiger partial charge in [0.25, 0.3) is 0 Å². The van der Waals surface area contributed by atoms with Gasteiger partial charge in [-0.1, -0.05) is 0 Å². The zero-order valence-electron chi connectivity index (χ0n) is 16.9. The lowest BCUT2D eigenvalue weighted by molar-refractivity contribution is -0.119. The van der Waals surface area contributed by atoms with E-state index in [2.05, 4.69) is 35.5 Å². The summed E-state index contributed by atoms with van der Waals surface area (Å²) < 4.78 is 9.64. The van der Waals surface area contributed by atoms with Gasteiger partial charge in [0, 0.05) is 11.3 Å². The number of hydrogen-bond acceptors (Lipinski definition) is 7. The Morgan fingerprint density at radius 1 is 1.20 bits per heavy atom. The first kappa shape index (κ1) is 18.4. The highest BCUT2D eigenvalue weighted by molar-refractivity contribution is 5.94. The number of H-pyrrole nitrogens is 1. The van der Waals surface area contributed by atoms with Gasteiger partial charge in [-0.2, -0.15) is 14.9 Å². The van der Waals surface area contributed by atoms with E-state index in [-0.39, 0.29) is 12.3 Å². The summed E-state index contributed by atoms with van der Waals surface area (Å²) >= 11 is 0. The monoisotopic (exact) mass is 407 g/mol. The molecule has 1 amide bonds. The zero-order chi connectivity index (χ0) is 20.8. The number of rotatable bonds is 5. The van der Waals surface area contributed by atoms with E-state index in [4.69, 9.17) is 4.74 Å². The van der Waals surface area contributed by atoms with Crippen LogP contribution in [0.25, 0.3) is 17.0 Å². The van der Waals surface area contributed by atoms with Crippen molar-refractivity contribution in [3.63, 3.8) is 0 Å². The van der Waals surface area contributed by atoms with Crippen molar-refractivity contribution in [2.24, 2.45) is 0 Å². The first-order valence-electron chi connectivity index (χ1n) is 9.67. The van der Waals surface area contributed by atoms with Crippen LogP contribution >= 0.6 is 0 Å². The van der Waals surface area contributed by atoms with Crippen LogP contribution in [0.4, 0.5) is 5.82 Å². The first-order valence-corrected chi connectivity index (χ1v) is 9.67. The van der Waals surface area contributed by atoms with Crippen LogP contribution in [-0.4, -0.2) is 52.0 Å². The largest absolute Gasteiger partial charge is 0.371 e. The predicted octanol–water partition coefficient (Wildman–Crippen LogP) is 1.76. The van der Waals surface area contributed by atoms with Crippen LogP contribution in [0.3, 0.4) is 0 Å². The van der Waals surface area contributed by atoms with E-state index in [9.17, 15) is 4.79 Å². The molecule has 5 heterocycles. The SMILES string of the molecule is Cc1cc(C)n(CCOC2CC(=O)Nc3c2c(C)nn3-c2ncnc3nc[nH]c23)n1. The molecular formula is C19H21N9O2. The Morgan fingerprint density at radius 3 is 2.87 bits per heavy atom. The topological polar surface area (TPSA) is 128 Å². The molecule has 0 spiro atoms. The average Bonchev–Trinajstić information content (AvgIpc) is 3.39. The minimum atomic E-state index is -0.390. The highest BCUT2D eigenvalue weighted by atomic mass is 16.5. The quantitative estimate of drug-likeness (QED) is 0.516. The van der Waals surface area contributed by atoms with E-state index >= 15 is 0 Å². The fraction of sp³-hybridized carbons (Fsp3) is 0.368. The highest BCUT2D eigenvalue weighted by Gasteiger charge is 2.33. The normalized spacial score (nSPS) is 16.1. The van der Waals surface area contributed by atoms with E-state index in [1.807, 2.05) is 31.5 Å². The maximum absolute atomic E-state index is 12.4. The van der Waals surface area contributed by atoms with Crippen molar-refractivity contribution in [3.8, 4) is 5.82 Å².